The first-order valence-corrected chi connectivity index (χ1v) is 6.70. The van der Waals surface area contributed by atoms with E-state index in [0.29, 0.717) is 16.4 Å². The predicted molar refractivity (Wildman–Crippen MR) is 83.0 cm³/mol. The number of hydrogen-bond acceptors (Lipinski definition) is 5. The number of hydrogen-bond donors (Lipinski definition) is 2. The molecule has 0 saturated carbocycles. The van der Waals surface area contributed by atoms with Gasteiger partial charge in [0, 0.05) is 12.4 Å². The lowest BCUT2D eigenvalue weighted by Crippen LogP contribution is -2.16. The summed E-state index contributed by atoms with van der Waals surface area (Å²) in [6, 6.07) is 7.26. The summed E-state index contributed by atoms with van der Waals surface area (Å²) in [5, 5.41) is 7.38. The summed E-state index contributed by atoms with van der Waals surface area (Å²) in [6.45, 7) is 0. The van der Waals surface area contributed by atoms with Crippen LogP contribution in [-0.4, -0.2) is 25.7 Å². The fraction of sp³-hybridized carbons (Fsp3) is 0. The third-order valence-electron chi connectivity index (χ3n) is 2.88. The Labute approximate surface area is 130 Å². The fourth-order valence-corrected chi connectivity index (χ4v) is 2.09. The van der Waals surface area contributed by atoms with E-state index in [2.05, 4.69) is 20.4 Å². The number of carbonyl (C=O) groups is 1. The van der Waals surface area contributed by atoms with Crippen molar-refractivity contribution in [2.45, 2.75) is 0 Å². The lowest BCUT2D eigenvalue weighted by atomic mass is 10.3. The van der Waals surface area contributed by atoms with Crippen LogP contribution in [0.5, 0.6) is 0 Å². The van der Waals surface area contributed by atoms with Crippen LogP contribution in [0.25, 0.3) is 5.69 Å². The molecule has 1 aromatic carbocycles. The predicted octanol–water partition coefficient (Wildman–Crippen LogP) is 2.15. The second-order valence-electron chi connectivity index (χ2n) is 4.37. The zero-order valence-electron chi connectivity index (χ0n) is 11.3. The molecule has 0 fully saturated rings. The Morgan fingerprint density at radius 2 is 2.00 bits per heavy atom. The van der Waals surface area contributed by atoms with Crippen molar-refractivity contribution in [2.24, 2.45) is 0 Å². The van der Waals surface area contributed by atoms with Crippen molar-refractivity contribution in [3.05, 3.63) is 59.8 Å². The van der Waals surface area contributed by atoms with Crippen molar-refractivity contribution in [2.75, 3.05) is 11.1 Å². The van der Waals surface area contributed by atoms with Gasteiger partial charge in [-0.25, -0.2) is 14.6 Å². The highest BCUT2D eigenvalue weighted by molar-refractivity contribution is 6.32. The molecule has 110 valence electrons. The van der Waals surface area contributed by atoms with Gasteiger partial charge in [0.25, 0.3) is 5.91 Å². The highest BCUT2D eigenvalue weighted by Crippen LogP contribution is 2.20. The number of nitrogens with two attached hydrogens (primary N) is 1. The van der Waals surface area contributed by atoms with Crippen molar-refractivity contribution in [1.29, 1.82) is 0 Å². The zero-order valence-corrected chi connectivity index (χ0v) is 12.0. The number of amides is 1. The summed E-state index contributed by atoms with van der Waals surface area (Å²) >= 11 is 6.11. The molecule has 0 aliphatic carbocycles. The minimum atomic E-state index is -0.454. The second-order valence-corrected chi connectivity index (χ2v) is 4.78. The molecular weight excluding hydrogens is 304 g/mol. The minimum Gasteiger partial charge on any atom is -0.382 e. The van der Waals surface area contributed by atoms with Crippen LogP contribution in [0.15, 0.2) is 49.1 Å². The monoisotopic (exact) mass is 314 g/mol. The molecule has 2 heterocycles. The van der Waals surface area contributed by atoms with Crippen LogP contribution in [0.3, 0.4) is 0 Å². The Morgan fingerprint density at radius 3 is 2.77 bits per heavy atom. The molecular formula is C14H11ClN6O. The fourth-order valence-electron chi connectivity index (χ4n) is 1.87. The molecule has 1 amide bonds. The van der Waals surface area contributed by atoms with Crippen molar-refractivity contribution < 1.29 is 4.79 Å². The molecule has 8 heteroatoms. The SMILES string of the molecule is Nc1nccnc1C(=O)Nc1cnn(-c2ccccc2Cl)c1. The molecule has 3 rings (SSSR count). The molecule has 3 aromatic rings. The summed E-state index contributed by atoms with van der Waals surface area (Å²) in [6.07, 6.45) is 5.97. The van der Waals surface area contributed by atoms with E-state index in [1.807, 2.05) is 18.2 Å². The summed E-state index contributed by atoms with van der Waals surface area (Å²) < 4.78 is 1.57. The van der Waals surface area contributed by atoms with Gasteiger partial charge >= 0.3 is 0 Å². The van der Waals surface area contributed by atoms with Gasteiger partial charge in [-0.05, 0) is 12.1 Å². The molecule has 22 heavy (non-hydrogen) atoms. The van der Waals surface area contributed by atoms with E-state index in [1.54, 1.807) is 16.9 Å². The van der Waals surface area contributed by atoms with Gasteiger partial charge in [0.1, 0.15) is 0 Å². The Hall–Kier alpha value is -2.93. The van der Waals surface area contributed by atoms with Gasteiger partial charge in [0.2, 0.25) is 0 Å². The third-order valence-corrected chi connectivity index (χ3v) is 3.20. The second kappa shape index (κ2) is 5.82. The van der Waals surface area contributed by atoms with E-state index in [1.165, 1.54) is 18.6 Å². The van der Waals surface area contributed by atoms with Crippen molar-refractivity contribution in [3.8, 4) is 5.69 Å². The van der Waals surface area contributed by atoms with E-state index in [-0.39, 0.29) is 11.5 Å². The number of nitrogens with one attached hydrogen (secondary N) is 1. The van der Waals surface area contributed by atoms with E-state index in [4.69, 9.17) is 17.3 Å². The average molecular weight is 315 g/mol. The number of aromatic nitrogens is 4. The standard InChI is InChI=1S/C14H11ClN6O/c15-10-3-1-2-4-11(10)21-8-9(7-19-21)20-14(22)12-13(16)18-6-5-17-12/h1-8H,(H2,16,18)(H,20,22). The van der Waals surface area contributed by atoms with Gasteiger partial charge in [0.15, 0.2) is 11.5 Å². The molecule has 0 atom stereocenters. The van der Waals surface area contributed by atoms with Gasteiger partial charge in [-0.3, -0.25) is 4.79 Å². The minimum absolute atomic E-state index is 0.0630. The van der Waals surface area contributed by atoms with Gasteiger partial charge in [-0.1, -0.05) is 23.7 Å². The van der Waals surface area contributed by atoms with E-state index < -0.39 is 5.91 Å². The quantitative estimate of drug-likeness (QED) is 0.771. The lowest BCUT2D eigenvalue weighted by Gasteiger charge is -2.04. The van der Waals surface area contributed by atoms with Gasteiger partial charge < -0.3 is 11.1 Å². The maximum absolute atomic E-state index is 12.1. The van der Waals surface area contributed by atoms with E-state index >= 15 is 0 Å². The molecule has 0 radical (unpaired) electrons. The topological polar surface area (TPSA) is 98.7 Å². The molecule has 0 aliphatic rings. The molecule has 0 aliphatic heterocycles. The number of rotatable bonds is 3. The summed E-state index contributed by atoms with van der Waals surface area (Å²) in [7, 11) is 0. The maximum atomic E-state index is 12.1. The lowest BCUT2D eigenvalue weighted by molar-refractivity contribution is 0.102. The Bertz CT molecular complexity index is 831. The number of carbonyl (C=O) groups excluding carboxylic acids is 1. The molecule has 0 unspecified atom stereocenters. The normalized spacial score (nSPS) is 10.4. The van der Waals surface area contributed by atoms with Crippen molar-refractivity contribution in [3.63, 3.8) is 0 Å². The van der Waals surface area contributed by atoms with Crippen LogP contribution in [0, 0.1) is 0 Å². The summed E-state index contributed by atoms with van der Waals surface area (Å²) in [5.74, 6) is -0.386. The highest BCUT2D eigenvalue weighted by atomic mass is 35.5. The van der Waals surface area contributed by atoms with Crippen LogP contribution in [-0.2, 0) is 0 Å². The van der Waals surface area contributed by atoms with Crippen LogP contribution < -0.4 is 11.1 Å². The number of halogens is 1. The van der Waals surface area contributed by atoms with Crippen LogP contribution in [0.2, 0.25) is 5.02 Å². The molecule has 2 aromatic heterocycles. The molecule has 3 N–H and O–H groups in total. The molecule has 0 saturated heterocycles. The van der Waals surface area contributed by atoms with E-state index in [0.717, 1.165) is 0 Å². The third kappa shape index (κ3) is 2.75. The van der Waals surface area contributed by atoms with Crippen molar-refractivity contribution in [1.82, 2.24) is 19.7 Å². The van der Waals surface area contributed by atoms with Crippen molar-refractivity contribution >= 4 is 29.0 Å². The Morgan fingerprint density at radius 1 is 1.23 bits per heavy atom. The van der Waals surface area contributed by atoms with Crippen LogP contribution in [0.1, 0.15) is 10.5 Å². The zero-order chi connectivity index (χ0) is 15.5. The largest absolute Gasteiger partial charge is 0.382 e. The Balaban J connectivity index is 1.82. The molecule has 0 bridgehead atoms. The summed E-state index contributed by atoms with van der Waals surface area (Å²) in [5.41, 5.74) is 6.89. The van der Waals surface area contributed by atoms with Gasteiger partial charge in [-0.2, -0.15) is 5.10 Å². The Kier molecular flexibility index (Phi) is 3.71. The first-order valence-electron chi connectivity index (χ1n) is 6.32. The van der Waals surface area contributed by atoms with Gasteiger partial charge in [-0.15, -0.1) is 0 Å². The first-order chi connectivity index (χ1) is 10.6. The highest BCUT2D eigenvalue weighted by Gasteiger charge is 2.13. The number of anilines is 2. The number of para-hydroxylation sites is 1. The number of nitrogens with zero attached hydrogens (tertiary/aromatic N) is 4. The number of benzene rings is 1. The van der Waals surface area contributed by atoms with Crippen LogP contribution >= 0.6 is 11.6 Å². The van der Waals surface area contributed by atoms with Crippen LogP contribution in [0.4, 0.5) is 11.5 Å². The first kappa shape index (κ1) is 14.0. The smallest absolute Gasteiger partial charge is 0.278 e. The number of nitrogen functional groups attached to an aromatic ring is 1. The van der Waals surface area contributed by atoms with E-state index in [9.17, 15) is 4.79 Å². The van der Waals surface area contributed by atoms with Gasteiger partial charge in [0.05, 0.1) is 28.8 Å². The molecule has 0 spiro atoms. The molecule has 7 nitrogen and oxygen atoms in total. The average Bonchev–Trinajstić information content (AvgIpc) is 2.96. The maximum Gasteiger partial charge on any atom is 0.278 e. The summed E-state index contributed by atoms with van der Waals surface area (Å²) in [4.78, 5) is 19.8.